The molecule has 0 aliphatic carbocycles. The number of aromatic nitrogens is 2. The minimum absolute atomic E-state index is 0. The quantitative estimate of drug-likeness (QED) is 0.722. The number of carboxylic acid groups (broad SMARTS) is 1. The molecule has 1 aromatic carbocycles. The summed E-state index contributed by atoms with van der Waals surface area (Å²) in [5, 5.41) is 15.7. The smallest absolute Gasteiger partial charge is 0.308 e. The molecule has 2 aromatic heterocycles. The molecular formula is C19H18ClN3O3S. The topological polar surface area (TPSA) is 75.4 Å². The number of thiophene rings is 1. The number of rotatable bonds is 4. The molecule has 140 valence electrons. The van der Waals surface area contributed by atoms with E-state index < -0.39 is 11.9 Å². The van der Waals surface area contributed by atoms with Crippen LogP contribution >= 0.6 is 23.7 Å². The standard InChI is InChI=1S/C19H17N3O3S.ClH/c23-18(21-9-8-13(12-21)19(24)25)15-11-16(17-7-4-10-26-17)22(20-15)14-5-2-1-3-6-14;/h1-7,10-11,13H,8-9,12H2,(H,24,25);1H. The average molecular weight is 404 g/mol. The second kappa shape index (κ2) is 7.94. The zero-order chi connectivity index (χ0) is 18.1. The van der Waals surface area contributed by atoms with E-state index in [0.29, 0.717) is 18.7 Å². The van der Waals surface area contributed by atoms with Crippen molar-refractivity contribution in [1.29, 1.82) is 0 Å². The minimum Gasteiger partial charge on any atom is -0.481 e. The SMILES string of the molecule is Cl.O=C(O)C1CCN(C(=O)c2cc(-c3cccs3)n(-c3ccccc3)n2)C1. The Hall–Kier alpha value is -2.64. The van der Waals surface area contributed by atoms with E-state index >= 15 is 0 Å². The molecule has 0 saturated carbocycles. The van der Waals surface area contributed by atoms with E-state index in [1.165, 1.54) is 0 Å². The van der Waals surface area contributed by atoms with Crippen molar-refractivity contribution in [3.63, 3.8) is 0 Å². The molecule has 1 aliphatic rings. The largest absolute Gasteiger partial charge is 0.481 e. The summed E-state index contributed by atoms with van der Waals surface area (Å²) in [7, 11) is 0. The van der Waals surface area contributed by atoms with Crippen LogP contribution in [0.2, 0.25) is 0 Å². The molecule has 3 heterocycles. The number of amides is 1. The molecule has 1 fully saturated rings. The van der Waals surface area contributed by atoms with Gasteiger partial charge in [-0.05, 0) is 36.1 Å². The summed E-state index contributed by atoms with van der Waals surface area (Å²) in [6.45, 7) is 0.684. The van der Waals surface area contributed by atoms with Gasteiger partial charge in [-0.25, -0.2) is 4.68 Å². The molecule has 27 heavy (non-hydrogen) atoms. The number of hydrogen-bond acceptors (Lipinski definition) is 4. The molecule has 1 amide bonds. The summed E-state index contributed by atoms with van der Waals surface area (Å²) in [4.78, 5) is 26.6. The van der Waals surface area contributed by atoms with Crippen LogP contribution in [-0.4, -0.2) is 44.8 Å². The van der Waals surface area contributed by atoms with Crippen LogP contribution in [0, 0.1) is 5.92 Å². The highest BCUT2D eigenvalue weighted by atomic mass is 35.5. The molecule has 1 atom stereocenters. The highest BCUT2D eigenvalue weighted by Crippen LogP contribution is 2.29. The van der Waals surface area contributed by atoms with Crippen molar-refractivity contribution in [3.8, 4) is 16.3 Å². The van der Waals surface area contributed by atoms with E-state index in [0.717, 1.165) is 16.3 Å². The maximum Gasteiger partial charge on any atom is 0.308 e. The second-order valence-corrected chi connectivity index (χ2v) is 7.16. The molecule has 1 aliphatic heterocycles. The first-order valence-electron chi connectivity index (χ1n) is 8.35. The van der Waals surface area contributed by atoms with E-state index in [2.05, 4.69) is 5.10 Å². The number of para-hydroxylation sites is 1. The fourth-order valence-corrected chi connectivity index (χ4v) is 3.89. The van der Waals surface area contributed by atoms with Crippen LogP contribution in [-0.2, 0) is 4.79 Å². The van der Waals surface area contributed by atoms with Crippen molar-refractivity contribution in [3.05, 3.63) is 59.6 Å². The highest BCUT2D eigenvalue weighted by molar-refractivity contribution is 7.13. The van der Waals surface area contributed by atoms with Crippen molar-refractivity contribution in [2.24, 2.45) is 5.92 Å². The lowest BCUT2D eigenvalue weighted by Gasteiger charge is -2.13. The zero-order valence-corrected chi connectivity index (χ0v) is 15.9. The number of likely N-dealkylation sites (tertiary alicyclic amines) is 1. The van der Waals surface area contributed by atoms with Crippen molar-refractivity contribution in [2.75, 3.05) is 13.1 Å². The van der Waals surface area contributed by atoms with Gasteiger partial charge in [0.2, 0.25) is 0 Å². The maximum atomic E-state index is 12.8. The summed E-state index contributed by atoms with van der Waals surface area (Å²) < 4.78 is 1.77. The number of carbonyl (C=O) groups is 2. The van der Waals surface area contributed by atoms with Gasteiger partial charge in [-0.3, -0.25) is 9.59 Å². The molecule has 0 spiro atoms. The summed E-state index contributed by atoms with van der Waals surface area (Å²) in [5.74, 6) is -1.57. The molecule has 0 bridgehead atoms. The third-order valence-electron chi connectivity index (χ3n) is 4.53. The zero-order valence-electron chi connectivity index (χ0n) is 14.3. The van der Waals surface area contributed by atoms with Gasteiger partial charge in [0.1, 0.15) is 0 Å². The Labute approximate surface area is 166 Å². The Morgan fingerprint density at radius 3 is 2.56 bits per heavy atom. The number of carbonyl (C=O) groups excluding carboxylic acids is 1. The van der Waals surface area contributed by atoms with Gasteiger partial charge in [-0.1, -0.05) is 24.3 Å². The normalized spacial score (nSPS) is 16.1. The van der Waals surface area contributed by atoms with Crippen molar-refractivity contribution in [2.45, 2.75) is 6.42 Å². The minimum atomic E-state index is -0.852. The molecule has 0 radical (unpaired) electrons. The fourth-order valence-electron chi connectivity index (χ4n) is 3.16. The summed E-state index contributed by atoms with van der Waals surface area (Å²) in [5.41, 5.74) is 2.06. The van der Waals surface area contributed by atoms with Crippen LogP contribution in [0.25, 0.3) is 16.3 Å². The number of benzene rings is 1. The lowest BCUT2D eigenvalue weighted by atomic mass is 10.1. The van der Waals surface area contributed by atoms with Crippen LogP contribution in [0.1, 0.15) is 16.9 Å². The van der Waals surface area contributed by atoms with E-state index in [4.69, 9.17) is 5.11 Å². The van der Waals surface area contributed by atoms with Crippen molar-refractivity contribution >= 4 is 35.6 Å². The van der Waals surface area contributed by atoms with E-state index in [1.54, 1.807) is 27.0 Å². The molecule has 1 unspecified atom stereocenters. The predicted octanol–water partition coefficient (Wildman–Crippen LogP) is 3.57. The molecule has 4 rings (SSSR count). The Morgan fingerprint density at radius 2 is 1.93 bits per heavy atom. The number of halogens is 1. The third kappa shape index (κ3) is 3.74. The predicted molar refractivity (Wildman–Crippen MR) is 106 cm³/mol. The van der Waals surface area contributed by atoms with Gasteiger partial charge in [0, 0.05) is 13.1 Å². The van der Waals surface area contributed by atoms with E-state index in [9.17, 15) is 9.59 Å². The van der Waals surface area contributed by atoms with E-state index in [1.807, 2.05) is 47.8 Å². The molecule has 6 nitrogen and oxygen atoms in total. The molecule has 1 N–H and O–H groups in total. The van der Waals surface area contributed by atoms with Gasteiger partial charge >= 0.3 is 5.97 Å². The van der Waals surface area contributed by atoms with Crippen LogP contribution in [0.3, 0.4) is 0 Å². The number of hydrogen-bond donors (Lipinski definition) is 1. The second-order valence-electron chi connectivity index (χ2n) is 6.21. The lowest BCUT2D eigenvalue weighted by Crippen LogP contribution is -2.30. The lowest BCUT2D eigenvalue weighted by molar-refractivity contribution is -0.141. The number of aliphatic carboxylic acids is 1. The molecular weight excluding hydrogens is 386 g/mol. The van der Waals surface area contributed by atoms with Gasteiger partial charge in [0.15, 0.2) is 5.69 Å². The first kappa shape index (κ1) is 19.1. The van der Waals surface area contributed by atoms with Crippen LogP contribution < -0.4 is 0 Å². The van der Waals surface area contributed by atoms with Gasteiger partial charge in [0.05, 0.1) is 22.2 Å². The van der Waals surface area contributed by atoms with Crippen molar-refractivity contribution < 1.29 is 14.7 Å². The summed E-state index contributed by atoms with van der Waals surface area (Å²) in [6, 6.07) is 15.4. The van der Waals surface area contributed by atoms with Gasteiger partial charge in [-0.2, -0.15) is 5.10 Å². The third-order valence-corrected chi connectivity index (χ3v) is 5.42. The Balaban J connectivity index is 0.00000210. The number of nitrogens with zero attached hydrogens (tertiary/aromatic N) is 3. The van der Waals surface area contributed by atoms with Crippen LogP contribution in [0.15, 0.2) is 53.9 Å². The summed E-state index contributed by atoms with van der Waals surface area (Å²) in [6.07, 6.45) is 0.484. The van der Waals surface area contributed by atoms with Crippen LogP contribution in [0.5, 0.6) is 0 Å². The fraction of sp³-hybridized carbons (Fsp3) is 0.211. The van der Waals surface area contributed by atoms with Gasteiger partial charge in [-0.15, -0.1) is 23.7 Å². The molecule has 1 saturated heterocycles. The van der Waals surface area contributed by atoms with E-state index in [-0.39, 0.29) is 24.9 Å². The Kier molecular flexibility index (Phi) is 5.62. The van der Waals surface area contributed by atoms with Gasteiger partial charge in [0.25, 0.3) is 5.91 Å². The van der Waals surface area contributed by atoms with Crippen LogP contribution in [0.4, 0.5) is 0 Å². The van der Waals surface area contributed by atoms with Crippen molar-refractivity contribution in [1.82, 2.24) is 14.7 Å². The maximum absolute atomic E-state index is 12.8. The molecule has 8 heteroatoms. The number of carboxylic acids is 1. The summed E-state index contributed by atoms with van der Waals surface area (Å²) >= 11 is 1.58. The van der Waals surface area contributed by atoms with Gasteiger partial charge < -0.3 is 10.0 Å². The Morgan fingerprint density at radius 1 is 1.15 bits per heavy atom. The first-order chi connectivity index (χ1) is 12.6. The molecule has 3 aromatic rings. The highest BCUT2D eigenvalue weighted by Gasteiger charge is 2.32. The first-order valence-corrected chi connectivity index (χ1v) is 9.23. The monoisotopic (exact) mass is 403 g/mol. The average Bonchev–Trinajstić information content (AvgIpc) is 3.41. The Bertz CT molecular complexity index is 941.